The van der Waals surface area contributed by atoms with E-state index >= 15 is 0 Å². The standard InChI is InChI=1S/C23H22F3N5O/c1-16(22-28-21(29-32-22)19-6-3-7-20(13-19)23(24,25)26)31-10-8-30(9-11-31)15-18-5-2-4-17(12-18)14-27/h2-7,12-13,16H,8-11,15H2,1H3/t16-/m0/s1. The zero-order chi connectivity index (χ0) is 22.7. The predicted octanol–water partition coefficient (Wildman–Crippen LogP) is 4.51. The van der Waals surface area contributed by atoms with Gasteiger partial charge in [0.1, 0.15) is 0 Å². The summed E-state index contributed by atoms with van der Waals surface area (Å²) >= 11 is 0. The molecule has 1 aromatic heterocycles. The van der Waals surface area contributed by atoms with E-state index in [0.717, 1.165) is 50.4 Å². The molecule has 0 bridgehead atoms. The van der Waals surface area contributed by atoms with Crippen LogP contribution in [0.3, 0.4) is 0 Å². The first-order valence-corrected chi connectivity index (χ1v) is 10.3. The Morgan fingerprint density at radius 3 is 2.56 bits per heavy atom. The van der Waals surface area contributed by atoms with Crippen LogP contribution in [0.25, 0.3) is 11.4 Å². The molecular formula is C23H22F3N5O. The maximum absolute atomic E-state index is 13.0. The lowest BCUT2D eigenvalue weighted by molar-refractivity contribution is -0.137. The first-order valence-electron chi connectivity index (χ1n) is 10.3. The summed E-state index contributed by atoms with van der Waals surface area (Å²) < 4.78 is 44.3. The van der Waals surface area contributed by atoms with Gasteiger partial charge in [0.25, 0.3) is 0 Å². The highest BCUT2D eigenvalue weighted by atomic mass is 19.4. The van der Waals surface area contributed by atoms with E-state index in [9.17, 15) is 13.2 Å². The molecule has 0 spiro atoms. The molecule has 1 aliphatic heterocycles. The topological polar surface area (TPSA) is 69.2 Å². The van der Waals surface area contributed by atoms with Crippen molar-refractivity contribution in [1.82, 2.24) is 19.9 Å². The van der Waals surface area contributed by atoms with Crippen LogP contribution in [0.1, 0.15) is 35.5 Å². The summed E-state index contributed by atoms with van der Waals surface area (Å²) in [5.41, 5.74) is 1.29. The minimum absolute atomic E-state index is 0.147. The number of nitrogens with zero attached hydrogens (tertiary/aromatic N) is 5. The molecule has 6 nitrogen and oxygen atoms in total. The normalized spacial score (nSPS) is 16.6. The second kappa shape index (κ2) is 9.10. The largest absolute Gasteiger partial charge is 0.416 e. The van der Waals surface area contributed by atoms with Crippen molar-refractivity contribution in [3.05, 3.63) is 71.1 Å². The van der Waals surface area contributed by atoms with Gasteiger partial charge in [0.2, 0.25) is 11.7 Å². The molecule has 0 amide bonds. The molecule has 1 aliphatic rings. The molecule has 32 heavy (non-hydrogen) atoms. The summed E-state index contributed by atoms with van der Waals surface area (Å²) in [5.74, 6) is 0.529. The SMILES string of the molecule is C[C@@H](c1nc(-c2cccc(C(F)(F)F)c2)no1)N1CCN(Cc2cccc(C#N)c2)CC1. The first-order chi connectivity index (χ1) is 15.3. The van der Waals surface area contributed by atoms with E-state index in [0.29, 0.717) is 11.5 Å². The summed E-state index contributed by atoms with van der Waals surface area (Å²) in [4.78, 5) is 8.89. The van der Waals surface area contributed by atoms with Gasteiger partial charge in [0.15, 0.2) is 0 Å². The van der Waals surface area contributed by atoms with E-state index in [2.05, 4.69) is 26.0 Å². The smallest absolute Gasteiger partial charge is 0.337 e. The minimum Gasteiger partial charge on any atom is -0.337 e. The van der Waals surface area contributed by atoms with Crippen molar-refractivity contribution in [3.63, 3.8) is 0 Å². The molecule has 166 valence electrons. The van der Waals surface area contributed by atoms with Crippen molar-refractivity contribution in [2.24, 2.45) is 0 Å². The monoisotopic (exact) mass is 441 g/mol. The van der Waals surface area contributed by atoms with Gasteiger partial charge in [-0.25, -0.2) is 0 Å². The molecule has 0 N–H and O–H groups in total. The fraction of sp³-hybridized carbons (Fsp3) is 0.348. The van der Waals surface area contributed by atoms with Crippen LogP contribution in [0.2, 0.25) is 0 Å². The Bertz CT molecular complexity index is 1110. The van der Waals surface area contributed by atoms with Crippen molar-refractivity contribution in [2.45, 2.75) is 25.7 Å². The molecule has 0 unspecified atom stereocenters. The molecule has 0 aliphatic carbocycles. The van der Waals surface area contributed by atoms with Gasteiger partial charge in [0.05, 0.1) is 23.2 Å². The van der Waals surface area contributed by atoms with E-state index < -0.39 is 11.7 Å². The van der Waals surface area contributed by atoms with Gasteiger partial charge in [-0.2, -0.15) is 23.4 Å². The number of rotatable bonds is 5. The molecule has 1 saturated heterocycles. The Kier molecular flexibility index (Phi) is 6.26. The number of nitriles is 1. The quantitative estimate of drug-likeness (QED) is 0.581. The van der Waals surface area contributed by atoms with Crippen molar-refractivity contribution in [1.29, 1.82) is 5.26 Å². The third-order valence-electron chi connectivity index (χ3n) is 5.66. The molecule has 1 atom stereocenters. The molecular weight excluding hydrogens is 419 g/mol. The third-order valence-corrected chi connectivity index (χ3v) is 5.66. The van der Waals surface area contributed by atoms with Crippen LogP contribution in [0.5, 0.6) is 0 Å². The van der Waals surface area contributed by atoms with Crippen LogP contribution in [0, 0.1) is 11.3 Å². The molecule has 4 rings (SSSR count). The van der Waals surface area contributed by atoms with E-state index in [4.69, 9.17) is 9.78 Å². The van der Waals surface area contributed by atoms with E-state index in [1.165, 1.54) is 12.1 Å². The van der Waals surface area contributed by atoms with E-state index in [1.54, 1.807) is 6.07 Å². The molecule has 2 aromatic carbocycles. The highest BCUT2D eigenvalue weighted by molar-refractivity contribution is 5.55. The fourth-order valence-corrected chi connectivity index (χ4v) is 3.82. The van der Waals surface area contributed by atoms with Gasteiger partial charge < -0.3 is 4.52 Å². The second-order valence-electron chi connectivity index (χ2n) is 7.84. The average Bonchev–Trinajstić information content (AvgIpc) is 3.29. The Balaban J connectivity index is 1.37. The van der Waals surface area contributed by atoms with Crippen molar-refractivity contribution in [2.75, 3.05) is 26.2 Å². The fourth-order valence-electron chi connectivity index (χ4n) is 3.82. The van der Waals surface area contributed by atoms with Crippen LogP contribution in [-0.2, 0) is 12.7 Å². The van der Waals surface area contributed by atoms with Gasteiger partial charge in [-0.15, -0.1) is 0 Å². The lowest BCUT2D eigenvalue weighted by Crippen LogP contribution is -2.46. The Morgan fingerprint density at radius 2 is 1.84 bits per heavy atom. The number of aromatic nitrogens is 2. The number of hydrogen-bond donors (Lipinski definition) is 0. The highest BCUT2D eigenvalue weighted by Gasteiger charge is 2.31. The highest BCUT2D eigenvalue weighted by Crippen LogP contribution is 2.32. The Morgan fingerprint density at radius 1 is 1.09 bits per heavy atom. The van der Waals surface area contributed by atoms with Crippen LogP contribution in [-0.4, -0.2) is 46.1 Å². The number of benzene rings is 2. The molecule has 3 aromatic rings. The van der Waals surface area contributed by atoms with Crippen molar-refractivity contribution >= 4 is 0 Å². The van der Waals surface area contributed by atoms with Gasteiger partial charge in [0, 0.05) is 38.3 Å². The second-order valence-corrected chi connectivity index (χ2v) is 7.84. The van der Waals surface area contributed by atoms with Crippen LogP contribution < -0.4 is 0 Å². The van der Waals surface area contributed by atoms with Crippen molar-refractivity contribution < 1.29 is 17.7 Å². The molecule has 0 saturated carbocycles. The average molecular weight is 441 g/mol. The minimum atomic E-state index is -4.43. The van der Waals surface area contributed by atoms with Crippen LogP contribution in [0.15, 0.2) is 53.1 Å². The van der Waals surface area contributed by atoms with Gasteiger partial charge in [-0.3, -0.25) is 9.80 Å². The van der Waals surface area contributed by atoms with Gasteiger partial charge in [-0.1, -0.05) is 29.4 Å². The first kappa shape index (κ1) is 22.0. The Labute approximate surface area is 183 Å². The summed E-state index contributed by atoms with van der Waals surface area (Å²) in [5, 5.41) is 13.0. The molecule has 2 heterocycles. The number of hydrogen-bond acceptors (Lipinski definition) is 6. The molecule has 1 fully saturated rings. The summed E-state index contributed by atoms with van der Waals surface area (Å²) in [6.45, 7) is 6.00. The number of alkyl halides is 3. The predicted molar refractivity (Wildman–Crippen MR) is 111 cm³/mol. The van der Waals surface area contributed by atoms with Gasteiger partial charge >= 0.3 is 6.18 Å². The van der Waals surface area contributed by atoms with Crippen molar-refractivity contribution in [3.8, 4) is 17.5 Å². The summed E-state index contributed by atoms with van der Waals surface area (Å²) in [6.07, 6.45) is -4.43. The molecule has 0 radical (unpaired) electrons. The maximum atomic E-state index is 13.0. The maximum Gasteiger partial charge on any atom is 0.416 e. The number of piperazine rings is 1. The zero-order valence-corrected chi connectivity index (χ0v) is 17.5. The van der Waals surface area contributed by atoms with Crippen LogP contribution in [0.4, 0.5) is 13.2 Å². The van der Waals surface area contributed by atoms with E-state index in [-0.39, 0.29) is 17.4 Å². The lowest BCUT2D eigenvalue weighted by atomic mass is 10.1. The lowest BCUT2D eigenvalue weighted by Gasteiger charge is -2.36. The Hall–Kier alpha value is -3.22. The van der Waals surface area contributed by atoms with E-state index in [1.807, 2.05) is 25.1 Å². The van der Waals surface area contributed by atoms with Gasteiger partial charge in [-0.05, 0) is 36.8 Å². The third kappa shape index (κ3) is 4.98. The summed E-state index contributed by atoms with van der Waals surface area (Å²) in [6, 6.07) is 14.5. The number of halogens is 3. The van der Waals surface area contributed by atoms with Crippen LogP contribution >= 0.6 is 0 Å². The zero-order valence-electron chi connectivity index (χ0n) is 17.5. The summed E-state index contributed by atoms with van der Waals surface area (Å²) in [7, 11) is 0. The molecule has 9 heteroatoms.